The van der Waals surface area contributed by atoms with Gasteiger partial charge in [-0.15, -0.1) is 0 Å². The zero-order valence-electron chi connectivity index (χ0n) is 10.1. The van der Waals surface area contributed by atoms with Crippen molar-refractivity contribution in [1.29, 1.82) is 0 Å². The lowest BCUT2D eigenvalue weighted by Crippen LogP contribution is -2.21. The minimum absolute atomic E-state index is 0.150. The molecule has 1 aromatic heterocycles. The highest BCUT2D eigenvalue weighted by atomic mass is 79.9. The molecule has 0 amide bonds. The van der Waals surface area contributed by atoms with Crippen LogP contribution in [-0.2, 0) is 6.54 Å². The Morgan fingerprint density at radius 1 is 1.37 bits per heavy atom. The summed E-state index contributed by atoms with van der Waals surface area (Å²) in [5.41, 5.74) is 6.19. The molecular formula is C13H11BrF2N2O. The van der Waals surface area contributed by atoms with E-state index in [0.29, 0.717) is 11.3 Å². The molecule has 0 spiro atoms. The predicted octanol–water partition coefficient (Wildman–Crippen LogP) is 2.83. The van der Waals surface area contributed by atoms with Crippen molar-refractivity contribution in [1.82, 2.24) is 4.57 Å². The maximum atomic E-state index is 13.8. The number of anilines is 1. The Hall–Kier alpha value is -1.69. The lowest BCUT2D eigenvalue weighted by Gasteiger charge is -2.10. The highest BCUT2D eigenvalue weighted by Gasteiger charge is 2.13. The van der Waals surface area contributed by atoms with Gasteiger partial charge in [0.25, 0.3) is 5.56 Å². The minimum Gasteiger partial charge on any atom is -0.397 e. The molecule has 0 radical (unpaired) electrons. The number of nitrogen functional groups attached to an aromatic ring is 1. The average Bonchev–Trinajstić information content (AvgIpc) is 2.36. The first-order valence-corrected chi connectivity index (χ1v) is 6.28. The second-order valence-corrected chi connectivity index (χ2v) is 5.05. The van der Waals surface area contributed by atoms with Gasteiger partial charge in [0.05, 0.1) is 16.7 Å². The third-order valence-electron chi connectivity index (χ3n) is 2.84. The summed E-state index contributed by atoms with van der Waals surface area (Å²) >= 11 is 2.98. The largest absolute Gasteiger partial charge is 0.397 e. The molecule has 0 atom stereocenters. The van der Waals surface area contributed by atoms with E-state index in [4.69, 9.17) is 5.73 Å². The number of nitrogens with zero attached hydrogens (tertiary/aromatic N) is 1. The Balaban J connectivity index is 2.51. The van der Waals surface area contributed by atoms with Crippen molar-refractivity contribution in [3.63, 3.8) is 0 Å². The summed E-state index contributed by atoms with van der Waals surface area (Å²) in [4.78, 5) is 11.8. The summed E-state index contributed by atoms with van der Waals surface area (Å²) in [5, 5.41) is 0. The zero-order valence-corrected chi connectivity index (χ0v) is 11.7. The van der Waals surface area contributed by atoms with Crippen molar-refractivity contribution < 1.29 is 8.78 Å². The van der Waals surface area contributed by atoms with E-state index in [-0.39, 0.29) is 22.1 Å². The molecule has 3 nitrogen and oxygen atoms in total. The topological polar surface area (TPSA) is 48.0 Å². The van der Waals surface area contributed by atoms with Gasteiger partial charge in [-0.05, 0) is 40.5 Å². The van der Waals surface area contributed by atoms with Crippen molar-refractivity contribution in [2.24, 2.45) is 0 Å². The summed E-state index contributed by atoms with van der Waals surface area (Å²) in [6.07, 6.45) is 1.39. The van der Waals surface area contributed by atoms with Gasteiger partial charge in [0.2, 0.25) is 0 Å². The molecule has 100 valence electrons. The standard InChI is InChI=1S/C13H11BrF2N2O/c1-7-4-12(19)18(6-11(7)17)5-8-10(15)3-2-9(14)13(8)16/h2-4,6H,5,17H2,1H3. The van der Waals surface area contributed by atoms with Gasteiger partial charge in [-0.25, -0.2) is 8.78 Å². The second-order valence-electron chi connectivity index (χ2n) is 4.20. The Kier molecular flexibility index (Phi) is 3.71. The number of pyridine rings is 1. The molecule has 0 fully saturated rings. The number of halogens is 3. The fraction of sp³-hybridized carbons (Fsp3) is 0.154. The fourth-order valence-electron chi connectivity index (χ4n) is 1.69. The van der Waals surface area contributed by atoms with Crippen LogP contribution in [0.1, 0.15) is 11.1 Å². The molecule has 2 aromatic rings. The van der Waals surface area contributed by atoms with Crippen LogP contribution in [0.25, 0.3) is 0 Å². The molecule has 1 heterocycles. The van der Waals surface area contributed by atoms with Crippen LogP contribution in [0.3, 0.4) is 0 Å². The van der Waals surface area contributed by atoms with Crippen molar-refractivity contribution in [3.8, 4) is 0 Å². The molecule has 0 unspecified atom stereocenters. The van der Waals surface area contributed by atoms with Gasteiger partial charge < -0.3 is 10.3 Å². The van der Waals surface area contributed by atoms with Crippen molar-refractivity contribution in [3.05, 3.63) is 62.0 Å². The van der Waals surface area contributed by atoms with Crippen LogP contribution in [0.5, 0.6) is 0 Å². The molecule has 0 saturated carbocycles. The monoisotopic (exact) mass is 328 g/mol. The lowest BCUT2D eigenvalue weighted by atomic mass is 10.2. The number of rotatable bonds is 2. The number of benzene rings is 1. The van der Waals surface area contributed by atoms with E-state index in [1.54, 1.807) is 6.92 Å². The molecule has 19 heavy (non-hydrogen) atoms. The summed E-state index contributed by atoms with van der Waals surface area (Å²) in [6, 6.07) is 3.76. The molecule has 6 heteroatoms. The number of aryl methyl sites for hydroxylation is 1. The smallest absolute Gasteiger partial charge is 0.251 e. The van der Waals surface area contributed by atoms with Crippen LogP contribution in [0, 0.1) is 18.6 Å². The normalized spacial score (nSPS) is 10.7. The van der Waals surface area contributed by atoms with Crippen LogP contribution in [-0.4, -0.2) is 4.57 Å². The van der Waals surface area contributed by atoms with Gasteiger partial charge in [-0.2, -0.15) is 0 Å². The van der Waals surface area contributed by atoms with Gasteiger partial charge in [0.1, 0.15) is 11.6 Å². The maximum absolute atomic E-state index is 13.8. The first-order valence-electron chi connectivity index (χ1n) is 5.49. The van der Waals surface area contributed by atoms with Crippen LogP contribution in [0.15, 0.2) is 33.7 Å². The minimum atomic E-state index is -0.717. The van der Waals surface area contributed by atoms with Gasteiger partial charge in [0.15, 0.2) is 0 Å². The molecule has 2 N–H and O–H groups in total. The lowest BCUT2D eigenvalue weighted by molar-refractivity contribution is 0.538. The molecule has 0 aliphatic heterocycles. The van der Waals surface area contributed by atoms with E-state index in [0.717, 1.165) is 6.07 Å². The quantitative estimate of drug-likeness (QED) is 0.862. The fourth-order valence-corrected chi connectivity index (χ4v) is 2.06. The molecule has 0 bridgehead atoms. The SMILES string of the molecule is Cc1cc(=O)n(Cc2c(F)ccc(Br)c2F)cc1N. The Labute approximate surface area is 116 Å². The zero-order chi connectivity index (χ0) is 14.2. The van der Waals surface area contributed by atoms with Gasteiger partial charge in [0, 0.05) is 17.8 Å². The number of nitrogens with two attached hydrogens (primary N) is 1. The van der Waals surface area contributed by atoms with Gasteiger partial charge in [-0.3, -0.25) is 4.79 Å². The highest BCUT2D eigenvalue weighted by molar-refractivity contribution is 9.10. The first kappa shape index (κ1) is 13.7. The predicted molar refractivity (Wildman–Crippen MR) is 73.0 cm³/mol. The molecule has 1 aromatic carbocycles. The number of hydrogen-bond acceptors (Lipinski definition) is 2. The van der Waals surface area contributed by atoms with E-state index in [9.17, 15) is 13.6 Å². The van der Waals surface area contributed by atoms with Crippen LogP contribution in [0.2, 0.25) is 0 Å². The van der Waals surface area contributed by atoms with Crippen molar-refractivity contribution in [2.45, 2.75) is 13.5 Å². The van der Waals surface area contributed by atoms with E-state index in [2.05, 4.69) is 15.9 Å². The van der Waals surface area contributed by atoms with Crippen LogP contribution >= 0.6 is 15.9 Å². The van der Waals surface area contributed by atoms with Crippen LogP contribution in [0.4, 0.5) is 14.5 Å². The maximum Gasteiger partial charge on any atom is 0.251 e. The third-order valence-corrected chi connectivity index (χ3v) is 3.45. The van der Waals surface area contributed by atoms with E-state index >= 15 is 0 Å². The average molecular weight is 329 g/mol. The second kappa shape index (κ2) is 5.13. The Bertz CT molecular complexity index is 698. The number of hydrogen-bond donors (Lipinski definition) is 1. The van der Waals surface area contributed by atoms with Gasteiger partial charge in [-0.1, -0.05) is 0 Å². The van der Waals surface area contributed by atoms with Crippen molar-refractivity contribution >= 4 is 21.6 Å². The van der Waals surface area contributed by atoms with E-state index in [1.165, 1.54) is 22.9 Å². The summed E-state index contributed by atoms with van der Waals surface area (Å²) in [7, 11) is 0. The third kappa shape index (κ3) is 2.68. The number of aromatic nitrogens is 1. The Morgan fingerprint density at radius 2 is 2.05 bits per heavy atom. The molecule has 0 aliphatic carbocycles. The van der Waals surface area contributed by atoms with Crippen molar-refractivity contribution in [2.75, 3.05) is 5.73 Å². The molecule has 0 aliphatic rings. The first-order chi connectivity index (χ1) is 8.90. The summed E-state index contributed by atoms with van der Waals surface area (Å²) < 4.78 is 28.8. The van der Waals surface area contributed by atoms with Crippen LogP contribution < -0.4 is 11.3 Å². The van der Waals surface area contributed by atoms with E-state index in [1.807, 2.05) is 0 Å². The Morgan fingerprint density at radius 3 is 2.74 bits per heavy atom. The molecule has 0 saturated heterocycles. The van der Waals surface area contributed by atoms with Gasteiger partial charge >= 0.3 is 0 Å². The summed E-state index contributed by atoms with van der Waals surface area (Å²) in [6.45, 7) is 1.49. The van der Waals surface area contributed by atoms with E-state index < -0.39 is 11.6 Å². The highest BCUT2D eigenvalue weighted by Crippen LogP contribution is 2.22. The summed E-state index contributed by atoms with van der Waals surface area (Å²) in [5.74, 6) is -1.42. The molecule has 2 rings (SSSR count). The molecular weight excluding hydrogens is 318 g/mol.